The molecule has 0 saturated heterocycles. The lowest BCUT2D eigenvalue weighted by molar-refractivity contribution is 0.171. The van der Waals surface area contributed by atoms with E-state index in [1.807, 2.05) is 12.2 Å². The molecule has 0 bridgehead atoms. The molecule has 0 spiro atoms. The highest BCUT2D eigenvalue weighted by Gasteiger charge is 2.29. The van der Waals surface area contributed by atoms with Crippen LogP contribution in [0.15, 0.2) is 25.3 Å². The smallest absolute Gasteiger partial charge is 0.0164 e. The molecule has 18 heavy (non-hydrogen) atoms. The van der Waals surface area contributed by atoms with E-state index in [1.54, 1.807) is 0 Å². The van der Waals surface area contributed by atoms with E-state index < -0.39 is 0 Å². The molecule has 1 fully saturated rings. The van der Waals surface area contributed by atoms with Gasteiger partial charge in [-0.1, -0.05) is 32.4 Å². The van der Waals surface area contributed by atoms with Crippen molar-refractivity contribution in [1.82, 2.24) is 10.2 Å². The Labute approximate surface area is 113 Å². The molecule has 1 saturated carbocycles. The summed E-state index contributed by atoms with van der Waals surface area (Å²) in [6.45, 7) is 16.6. The van der Waals surface area contributed by atoms with Gasteiger partial charge in [-0.05, 0) is 24.7 Å². The second-order valence-corrected chi connectivity index (χ2v) is 5.99. The molecular formula is C16H30N2. The van der Waals surface area contributed by atoms with Crippen molar-refractivity contribution in [2.75, 3.05) is 26.2 Å². The Bertz CT molecular complexity index is 248. The molecule has 1 atom stereocenters. The van der Waals surface area contributed by atoms with Crippen LogP contribution >= 0.6 is 0 Å². The third-order valence-corrected chi connectivity index (χ3v) is 3.63. The highest BCUT2D eigenvalue weighted by Crippen LogP contribution is 2.27. The second kappa shape index (κ2) is 7.75. The van der Waals surface area contributed by atoms with Crippen LogP contribution in [0.2, 0.25) is 0 Å². The molecule has 2 nitrogen and oxygen atoms in total. The largest absolute Gasteiger partial charge is 0.313 e. The normalized spacial score (nSPS) is 18.6. The lowest BCUT2D eigenvalue weighted by Crippen LogP contribution is -2.43. The van der Waals surface area contributed by atoms with Crippen molar-refractivity contribution in [1.29, 1.82) is 0 Å². The first-order valence-corrected chi connectivity index (χ1v) is 7.31. The van der Waals surface area contributed by atoms with Gasteiger partial charge in [-0.2, -0.15) is 0 Å². The first-order chi connectivity index (χ1) is 8.63. The van der Waals surface area contributed by atoms with Gasteiger partial charge in [0.05, 0.1) is 0 Å². The minimum atomic E-state index is 0.364. The fourth-order valence-electron chi connectivity index (χ4n) is 2.61. The average molecular weight is 250 g/mol. The van der Waals surface area contributed by atoms with E-state index in [9.17, 15) is 0 Å². The average Bonchev–Trinajstić information content (AvgIpc) is 3.11. The number of nitrogens with one attached hydrogen (secondary N) is 1. The maximum atomic E-state index is 3.85. The Morgan fingerprint density at radius 3 is 2.33 bits per heavy atom. The SMILES string of the molecule is C=CCN(CC=C)CC(C)(CCC)CNC1CC1. The van der Waals surface area contributed by atoms with Crippen LogP contribution in [-0.2, 0) is 0 Å². The van der Waals surface area contributed by atoms with Crippen LogP contribution < -0.4 is 5.32 Å². The van der Waals surface area contributed by atoms with Gasteiger partial charge >= 0.3 is 0 Å². The van der Waals surface area contributed by atoms with Gasteiger partial charge in [0.1, 0.15) is 0 Å². The van der Waals surface area contributed by atoms with Crippen LogP contribution in [0.3, 0.4) is 0 Å². The molecular weight excluding hydrogens is 220 g/mol. The molecule has 0 aliphatic heterocycles. The van der Waals surface area contributed by atoms with Gasteiger partial charge in [0.2, 0.25) is 0 Å². The summed E-state index contributed by atoms with van der Waals surface area (Å²) in [5.74, 6) is 0. The van der Waals surface area contributed by atoms with Crippen LogP contribution in [0.1, 0.15) is 39.5 Å². The van der Waals surface area contributed by atoms with Gasteiger partial charge < -0.3 is 5.32 Å². The van der Waals surface area contributed by atoms with Crippen LogP contribution in [-0.4, -0.2) is 37.1 Å². The van der Waals surface area contributed by atoms with Gasteiger partial charge in [0.25, 0.3) is 0 Å². The lowest BCUT2D eigenvalue weighted by atomic mass is 9.84. The molecule has 104 valence electrons. The number of hydrogen-bond donors (Lipinski definition) is 1. The summed E-state index contributed by atoms with van der Waals surface area (Å²) in [5, 5.41) is 3.69. The highest BCUT2D eigenvalue weighted by atomic mass is 15.1. The first-order valence-electron chi connectivity index (χ1n) is 7.31. The monoisotopic (exact) mass is 250 g/mol. The van der Waals surface area contributed by atoms with Gasteiger partial charge in [-0.15, -0.1) is 13.2 Å². The predicted octanol–water partition coefficient (Wildman–Crippen LogP) is 3.22. The quantitative estimate of drug-likeness (QED) is 0.566. The van der Waals surface area contributed by atoms with E-state index in [4.69, 9.17) is 0 Å². The van der Waals surface area contributed by atoms with Gasteiger partial charge in [-0.3, -0.25) is 4.90 Å². The number of rotatable bonds is 11. The Hall–Kier alpha value is -0.600. The van der Waals surface area contributed by atoms with Crippen molar-refractivity contribution in [3.8, 4) is 0 Å². The summed E-state index contributed by atoms with van der Waals surface area (Å²) in [6, 6.07) is 0.799. The third-order valence-electron chi connectivity index (χ3n) is 3.63. The third kappa shape index (κ3) is 5.83. The fourth-order valence-corrected chi connectivity index (χ4v) is 2.61. The van der Waals surface area contributed by atoms with Crippen LogP contribution in [0.25, 0.3) is 0 Å². The first kappa shape index (κ1) is 15.5. The number of nitrogens with zero attached hydrogens (tertiary/aromatic N) is 1. The molecule has 1 aliphatic carbocycles. The molecule has 0 aromatic rings. The van der Waals surface area contributed by atoms with Crippen LogP contribution in [0.4, 0.5) is 0 Å². The summed E-state index contributed by atoms with van der Waals surface area (Å²) in [6.07, 6.45) is 9.24. The predicted molar refractivity (Wildman–Crippen MR) is 80.9 cm³/mol. The van der Waals surface area contributed by atoms with Crippen LogP contribution in [0, 0.1) is 5.41 Å². The molecule has 1 N–H and O–H groups in total. The Kier molecular flexibility index (Phi) is 6.66. The summed E-state index contributed by atoms with van der Waals surface area (Å²) in [4.78, 5) is 2.43. The molecule has 2 heteroatoms. The fraction of sp³-hybridized carbons (Fsp3) is 0.750. The lowest BCUT2D eigenvalue weighted by Gasteiger charge is -2.35. The minimum Gasteiger partial charge on any atom is -0.313 e. The van der Waals surface area contributed by atoms with E-state index in [0.717, 1.165) is 32.2 Å². The van der Waals surface area contributed by atoms with Gasteiger partial charge in [0.15, 0.2) is 0 Å². The summed E-state index contributed by atoms with van der Waals surface area (Å²) < 4.78 is 0. The number of hydrogen-bond acceptors (Lipinski definition) is 2. The van der Waals surface area contributed by atoms with E-state index in [2.05, 4.69) is 37.2 Å². The Morgan fingerprint density at radius 2 is 1.89 bits per heavy atom. The van der Waals surface area contributed by atoms with E-state index in [0.29, 0.717) is 5.41 Å². The van der Waals surface area contributed by atoms with Crippen molar-refractivity contribution in [2.24, 2.45) is 5.41 Å². The minimum absolute atomic E-state index is 0.364. The Morgan fingerprint density at radius 1 is 1.28 bits per heavy atom. The van der Waals surface area contributed by atoms with E-state index in [1.165, 1.54) is 25.7 Å². The Balaban J connectivity index is 2.49. The van der Waals surface area contributed by atoms with Crippen molar-refractivity contribution in [3.63, 3.8) is 0 Å². The zero-order valence-electron chi connectivity index (χ0n) is 12.3. The molecule has 0 aromatic heterocycles. The topological polar surface area (TPSA) is 15.3 Å². The zero-order valence-corrected chi connectivity index (χ0v) is 12.3. The van der Waals surface area contributed by atoms with Gasteiger partial charge in [-0.25, -0.2) is 0 Å². The second-order valence-electron chi connectivity index (χ2n) is 5.99. The molecule has 1 unspecified atom stereocenters. The summed E-state index contributed by atoms with van der Waals surface area (Å²) in [7, 11) is 0. The maximum Gasteiger partial charge on any atom is 0.0164 e. The van der Waals surface area contributed by atoms with E-state index >= 15 is 0 Å². The molecule has 0 amide bonds. The van der Waals surface area contributed by atoms with E-state index in [-0.39, 0.29) is 0 Å². The molecule has 0 aromatic carbocycles. The molecule has 1 rings (SSSR count). The molecule has 0 radical (unpaired) electrons. The van der Waals surface area contributed by atoms with Crippen molar-refractivity contribution < 1.29 is 0 Å². The zero-order chi connectivity index (χ0) is 13.4. The van der Waals surface area contributed by atoms with Crippen molar-refractivity contribution >= 4 is 0 Å². The van der Waals surface area contributed by atoms with Crippen molar-refractivity contribution in [3.05, 3.63) is 25.3 Å². The van der Waals surface area contributed by atoms with Crippen molar-refractivity contribution in [2.45, 2.75) is 45.6 Å². The summed E-state index contributed by atoms with van der Waals surface area (Å²) >= 11 is 0. The maximum absolute atomic E-state index is 3.85. The highest BCUT2D eigenvalue weighted by molar-refractivity contribution is 4.89. The van der Waals surface area contributed by atoms with Gasteiger partial charge in [0, 0.05) is 32.2 Å². The molecule has 1 aliphatic rings. The van der Waals surface area contributed by atoms with Crippen LogP contribution in [0.5, 0.6) is 0 Å². The summed E-state index contributed by atoms with van der Waals surface area (Å²) in [5.41, 5.74) is 0.364. The molecule has 0 heterocycles. The standard InChI is InChI=1S/C16H30N2/c1-5-10-16(4,13-17-15-8-9-15)14-18(11-6-2)12-7-3/h6-7,15,17H,2-3,5,8-14H2,1,4H3.